The quantitative estimate of drug-likeness (QED) is 0.769. The number of carboxylic acid groups (broad SMARTS) is 1. The van der Waals surface area contributed by atoms with Gasteiger partial charge in [0.15, 0.2) is 0 Å². The van der Waals surface area contributed by atoms with Crippen molar-refractivity contribution in [3.05, 3.63) is 47.5 Å². The summed E-state index contributed by atoms with van der Waals surface area (Å²) in [4.78, 5) is 26.4. The predicted octanol–water partition coefficient (Wildman–Crippen LogP) is 0.876. The first-order valence-corrected chi connectivity index (χ1v) is 6.52. The van der Waals surface area contributed by atoms with Gasteiger partial charge in [0.2, 0.25) is 0 Å². The highest BCUT2D eigenvalue weighted by Crippen LogP contribution is 2.02. The van der Waals surface area contributed by atoms with Crippen LogP contribution in [0.1, 0.15) is 33.0 Å². The van der Waals surface area contributed by atoms with E-state index in [-0.39, 0.29) is 17.3 Å². The molecule has 110 valence electrons. The molecule has 1 amide bonds. The number of carbonyl (C=O) groups excluding carboxylic acids is 1. The highest BCUT2D eigenvalue weighted by atomic mass is 16.4. The molecule has 21 heavy (non-hydrogen) atoms. The Balaban J connectivity index is 1.81. The van der Waals surface area contributed by atoms with E-state index in [1.165, 1.54) is 18.2 Å². The van der Waals surface area contributed by atoms with E-state index in [4.69, 9.17) is 5.11 Å². The fourth-order valence-corrected chi connectivity index (χ4v) is 1.87. The number of amides is 1. The number of carboxylic acids is 1. The van der Waals surface area contributed by atoms with E-state index in [2.05, 4.69) is 15.4 Å². The van der Waals surface area contributed by atoms with Gasteiger partial charge < -0.3 is 10.4 Å². The lowest BCUT2D eigenvalue weighted by atomic mass is 10.2. The third-order valence-corrected chi connectivity index (χ3v) is 2.89. The van der Waals surface area contributed by atoms with E-state index in [0.717, 1.165) is 18.4 Å². The summed E-state index contributed by atoms with van der Waals surface area (Å²) in [6.45, 7) is 0.493. The average molecular weight is 288 g/mol. The van der Waals surface area contributed by atoms with Gasteiger partial charge in [-0.2, -0.15) is 5.10 Å². The van der Waals surface area contributed by atoms with Crippen LogP contribution in [0.15, 0.2) is 30.6 Å². The van der Waals surface area contributed by atoms with Crippen molar-refractivity contribution >= 4 is 11.9 Å². The number of nitrogens with one attached hydrogen (secondary N) is 1. The predicted molar refractivity (Wildman–Crippen MR) is 75.1 cm³/mol. The number of pyridine rings is 1. The molecule has 2 heterocycles. The lowest BCUT2D eigenvalue weighted by Gasteiger charge is -2.04. The zero-order valence-electron chi connectivity index (χ0n) is 11.6. The van der Waals surface area contributed by atoms with Gasteiger partial charge in [-0.3, -0.25) is 9.48 Å². The lowest BCUT2D eigenvalue weighted by molar-refractivity contribution is 0.0690. The SMILES string of the molecule is Cn1cc(CCCNC(=O)c2cccc(C(=O)O)n2)cn1. The second-order valence-electron chi connectivity index (χ2n) is 4.59. The topological polar surface area (TPSA) is 97.1 Å². The first-order chi connectivity index (χ1) is 10.1. The Hall–Kier alpha value is -2.70. The second-order valence-corrected chi connectivity index (χ2v) is 4.59. The molecule has 2 rings (SSSR count). The summed E-state index contributed by atoms with van der Waals surface area (Å²) in [5, 5.41) is 15.6. The Kier molecular flexibility index (Phi) is 4.65. The van der Waals surface area contributed by atoms with Gasteiger partial charge in [0.25, 0.3) is 5.91 Å². The average Bonchev–Trinajstić information content (AvgIpc) is 2.89. The minimum Gasteiger partial charge on any atom is -0.477 e. The summed E-state index contributed by atoms with van der Waals surface area (Å²) >= 11 is 0. The second kappa shape index (κ2) is 6.65. The number of nitrogens with zero attached hydrogens (tertiary/aromatic N) is 3. The molecule has 0 saturated heterocycles. The molecular weight excluding hydrogens is 272 g/mol. The molecule has 2 aromatic rings. The Bertz CT molecular complexity index is 651. The molecule has 0 saturated carbocycles. The molecule has 2 aromatic heterocycles. The molecule has 0 aliphatic heterocycles. The first kappa shape index (κ1) is 14.7. The van der Waals surface area contributed by atoms with Crippen molar-refractivity contribution in [3.8, 4) is 0 Å². The van der Waals surface area contributed by atoms with Gasteiger partial charge in [0, 0.05) is 19.8 Å². The summed E-state index contributed by atoms with van der Waals surface area (Å²) < 4.78 is 1.73. The van der Waals surface area contributed by atoms with Crippen molar-refractivity contribution in [2.75, 3.05) is 6.54 Å². The molecule has 0 bridgehead atoms. The van der Waals surface area contributed by atoms with Crippen molar-refractivity contribution < 1.29 is 14.7 Å². The van der Waals surface area contributed by atoms with E-state index >= 15 is 0 Å². The van der Waals surface area contributed by atoms with Crippen molar-refractivity contribution in [2.24, 2.45) is 7.05 Å². The molecule has 0 atom stereocenters. The fraction of sp³-hybridized carbons (Fsp3) is 0.286. The van der Waals surface area contributed by atoms with Gasteiger partial charge in [0.1, 0.15) is 11.4 Å². The minimum absolute atomic E-state index is 0.108. The molecule has 2 N–H and O–H groups in total. The van der Waals surface area contributed by atoms with Crippen LogP contribution in [0.2, 0.25) is 0 Å². The summed E-state index contributed by atoms with van der Waals surface area (Å²) in [6, 6.07) is 4.34. The third-order valence-electron chi connectivity index (χ3n) is 2.89. The standard InChI is InChI=1S/C14H16N4O3/c1-18-9-10(8-16-18)4-3-7-15-13(19)11-5-2-6-12(17-11)14(20)21/h2,5-6,8-9H,3-4,7H2,1H3,(H,15,19)(H,20,21). The number of rotatable bonds is 6. The van der Waals surface area contributed by atoms with Crippen LogP contribution in [0.4, 0.5) is 0 Å². The maximum atomic E-state index is 11.9. The van der Waals surface area contributed by atoms with E-state index in [9.17, 15) is 9.59 Å². The summed E-state index contributed by atoms with van der Waals surface area (Å²) in [6.07, 6.45) is 5.31. The molecule has 0 radical (unpaired) electrons. The number of hydrogen-bond donors (Lipinski definition) is 2. The van der Waals surface area contributed by atoms with Gasteiger partial charge in [-0.25, -0.2) is 9.78 Å². The maximum Gasteiger partial charge on any atom is 0.354 e. The lowest BCUT2D eigenvalue weighted by Crippen LogP contribution is -2.26. The van der Waals surface area contributed by atoms with Gasteiger partial charge in [-0.05, 0) is 30.5 Å². The van der Waals surface area contributed by atoms with Crippen molar-refractivity contribution in [1.82, 2.24) is 20.1 Å². The van der Waals surface area contributed by atoms with Crippen LogP contribution in [-0.2, 0) is 13.5 Å². The summed E-state index contributed by atoms with van der Waals surface area (Å²) in [5.74, 6) is -1.52. The molecule has 0 spiro atoms. The zero-order chi connectivity index (χ0) is 15.2. The molecule has 0 fully saturated rings. The van der Waals surface area contributed by atoms with Crippen molar-refractivity contribution in [2.45, 2.75) is 12.8 Å². The van der Waals surface area contributed by atoms with Crippen LogP contribution >= 0.6 is 0 Å². The number of aryl methyl sites for hydroxylation is 2. The van der Waals surface area contributed by atoms with E-state index < -0.39 is 5.97 Å². The largest absolute Gasteiger partial charge is 0.477 e. The monoisotopic (exact) mass is 288 g/mol. The van der Waals surface area contributed by atoms with Crippen molar-refractivity contribution in [1.29, 1.82) is 0 Å². The first-order valence-electron chi connectivity index (χ1n) is 6.52. The van der Waals surface area contributed by atoms with Gasteiger partial charge in [-0.15, -0.1) is 0 Å². The summed E-state index contributed by atoms with van der Waals surface area (Å²) in [5.41, 5.74) is 1.08. The Morgan fingerprint density at radius 1 is 1.33 bits per heavy atom. The Morgan fingerprint density at radius 2 is 2.10 bits per heavy atom. The number of aromatic nitrogens is 3. The molecule has 0 unspecified atom stereocenters. The van der Waals surface area contributed by atoms with Crippen LogP contribution < -0.4 is 5.32 Å². The van der Waals surface area contributed by atoms with E-state index in [1.807, 2.05) is 13.2 Å². The highest BCUT2D eigenvalue weighted by Gasteiger charge is 2.10. The normalized spacial score (nSPS) is 10.3. The Labute approximate surface area is 121 Å². The van der Waals surface area contributed by atoms with Crippen LogP contribution in [0, 0.1) is 0 Å². The van der Waals surface area contributed by atoms with Crippen molar-refractivity contribution in [3.63, 3.8) is 0 Å². The molecule has 0 aromatic carbocycles. The number of aromatic carboxylic acids is 1. The summed E-state index contributed by atoms with van der Waals surface area (Å²) in [7, 11) is 1.85. The van der Waals surface area contributed by atoms with Crippen LogP contribution in [0.3, 0.4) is 0 Å². The van der Waals surface area contributed by atoms with Crippen LogP contribution in [0.25, 0.3) is 0 Å². The van der Waals surface area contributed by atoms with Gasteiger partial charge in [-0.1, -0.05) is 6.07 Å². The van der Waals surface area contributed by atoms with Crippen LogP contribution in [0.5, 0.6) is 0 Å². The van der Waals surface area contributed by atoms with Crippen LogP contribution in [-0.4, -0.2) is 38.3 Å². The highest BCUT2D eigenvalue weighted by molar-refractivity contribution is 5.94. The molecule has 0 aliphatic carbocycles. The number of carbonyl (C=O) groups is 2. The molecule has 0 aliphatic rings. The maximum absolute atomic E-state index is 11.9. The fourth-order valence-electron chi connectivity index (χ4n) is 1.87. The third kappa shape index (κ3) is 4.13. The minimum atomic E-state index is -1.15. The number of hydrogen-bond acceptors (Lipinski definition) is 4. The van der Waals surface area contributed by atoms with E-state index in [1.54, 1.807) is 10.9 Å². The smallest absolute Gasteiger partial charge is 0.354 e. The molecular formula is C14H16N4O3. The Morgan fingerprint density at radius 3 is 2.76 bits per heavy atom. The van der Waals surface area contributed by atoms with E-state index in [0.29, 0.717) is 6.54 Å². The van der Waals surface area contributed by atoms with Gasteiger partial charge in [0.05, 0.1) is 6.20 Å². The zero-order valence-corrected chi connectivity index (χ0v) is 11.6. The molecule has 7 heteroatoms. The van der Waals surface area contributed by atoms with Gasteiger partial charge >= 0.3 is 5.97 Å². The molecule has 7 nitrogen and oxygen atoms in total.